The van der Waals surface area contributed by atoms with Crippen molar-refractivity contribution in [1.29, 1.82) is 0 Å². The lowest BCUT2D eigenvalue weighted by Crippen LogP contribution is -2.13. The summed E-state index contributed by atoms with van der Waals surface area (Å²) in [5.74, 6) is 0. The van der Waals surface area contributed by atoms with Gasteiger partial charge in [0.1, 0.15) is 0 Å². The average Bonchev–Trinajstić information content (AvgIpc) is 2.66. The molecule has 3 N–H and O–H groups in total. The SMILES string of the molecule is Nc1c(Br)cc(C2CCCN2)cc1Br. The van der Waals surface area contributed by atoms with Gasteiger partial charge in [-0.3, -0.25) is 0 Å². The molecule has 1 unspecified atom stereocenters. The minimum absolute atomic E-state index is 0.489. The minimum Gasteiger partial charge on any atom is -0.397 e. The second kappa shape index (κ2) is 4.21. The molecule has 1 heterocycles. The highest BCUT2D eigenvalue weighted by Crippen LogP contribution is 2.33. The molecule has 4 heteroatoms. The summed E-state index contributed by atoms with van der Waals surface area (Å²) in [7, 11) is 0. The van der Waals surface area contributed by atoms with E-state index < -0.39 is 0 Å². The Balaban J connectivity index is 2.34. The molecule has 0 radical (unpaired) electrons. The smallest absolute Gasteiger partial charge is 0.0603 e. The van der Waals surface area contributed by atoms with Crippen molar-refractivity contribution in [3.05, 3.63) is 26.6 Å². The van der Waals surface area contributed by atoms with E-state index in [2.05, 4.69) is 49.3 Å². The molecule has 0 bridgehead atoms. The lowest BCUT2D eigenvalue weighted by atomic mass is 10.1. The molecule has 0 aromatic heterocycles. The lowest BCUT2D eigenvalue weighted by molar-refractivity contribution is 0.647. The Morgan fingerprint density at radius 3 is 2.43 bits per heavy atom. The van der Waals surface area contributed by atoms with Gasteiger partial charge in [0.05, 0.1) is 5.69 Å². The minimum atomic E-state index is 0.489. The summed E-state index contributed by atoms with van der Waals surface area (Å²) in [6.07, 6.45) is 2.47. The normalized spacial score (nSPS) is 21.4. The number of rotatable bonds is 1. The van der Waals surface area contributed by atoms with Crippen LogP contribution in [0, 0.1) is 0 Å². The van der Waals surface area contributed by atoms with Crippen molar-refractivity contribution in [2.24, 2.45) is 0 Å². The molecule has 0 amide bonds. The van der Waals surface area contributed by atoms with Crippen LogP contribution < -0.4 is 11.1 Å². The summed E-state index contributed by atoms with van der Waals surface area (Å²) in [6, 6.07) is 4.69. The summed E-state index contributed by atoms with van der Waals surface area (Å²) >= 11 is 6.92. The maximum atomic E-state index is 5.84. The van der Waals surface area contributed by atoms with Crippen molar-refractivity contribution in [2.75, 3.05) is 12.3 Å². The van der Waals surface area contributed by atoms with Crippen LogP contribution in [0.5, 0.6) is 0 Å². The van der Waals surface area contributed by atoms with Crippen LogP contribution in [0.4, 0.5) is 5.69 Å². The monoisotopic (exact) mass is 318 g/mol. The van der Waals surface area contributed by atoms with E-state index in [0.717, 1.165) is 21.2 Å². The summed E-state index contributed by atoms with van der Waals surface area (Å²) in [5, 5.41) is 3.46. The number of halogens is 2. The van der Waals surface area contributed by atoms with E-state index in [1.807, 2.05) is 0 Å². The fourth-order valence-electron chi connectivity index (χ4n) is 1.77. The van der Waals surface area contributed by atoms with E-state index in [0.29, 0.717) is 6.04 Å². The Morgan fingerprint density at radius 1 is 1.29 bits per heavy atom. The molecule has 1 aliphatic rings. The summed E-state index contributed by atoms with van der Waals surface area (Å²) in [6.45, 7) is 1.12. The van der Waals surface area contributed by atoms with Crippen LogP contribution in [0.1, 0.15) is 24.4 Å². The van der Waals surface area contributed by atoms with Gasteiger partial charge in [-0.15, -0.1) is 0 Å². The van der Waals surface area contributed by atoms with Crippen LogP contribution >= 0.6 is 31.9 Å². The van der Waals surface area contributed by atoms with Crippen molar-refractivity contribution >= 4 is 37.5 Å². The number of nitrogens with two attached hydrogens (primary N) is 1. The van der Waals surface area contributed by atoms with Gasteiger partial charge < -0.3 is 11.1 Å². The Kier molecular flexibility index (Phi) is 3.14. The Bertz CT molecular complexity index is 323. The van der Waals surface area contributed by atoms with Crippen LogP contribution in [0.2, 0.25) is 0 Å². The maximum absolute atomic E-state index is 5.84. The number of anilines is 1. The van der Waals surface area contributed by atoms with Crippen LogP contribution in [-0.4, -0.2) is 6.54 Å². The summed E-state index contributed by atoms with van der Waals surface area (Å²) < 4.78 is 1.94. The molecule has 1 aliphatic heterocycles. The van der Waals surface area contributed by atoms with Crippen LogP contribution in [0.25, 0.3) is 0 Å². The van der Waals surface area contributed by atoms with Gasteiger partial charge in [0.15, 0.2) is 0 Å². The summed E-state index contributed by atoms with van der Waals surface area (Å²) in [4.78, 5) is 0. The molecular weight excluding hydrogens is 308 g/mol. The first-order valence-electron chi connectivity index (χ1n) is 4.66. The van der Waals surface area contributed by atoms with E-state index in [1.54, 1.807) is 0 Å². The maximum Gasteiger partial charge on any atom is 0.0603 e. The van der Waals surface area contributed by atoms with Gasteiger partial charge in [-0.25, -0.2) is 0 Å². The third-order valence-electron chi connectivity index (χ3n) is 2.56. The number of benzene rings is 1. The summed E-state index contributed by atoms with van der Waals surface area (Å²) in [5.41, 5.74) is 7.91. The zero-order valence-corrected chi connectivity index (χ0v) is 10.9. The zero-order valence-electron chi connectivity index (χ0n) is 7.69. The predicted molar refractivity (Wildman–Crippen MR) is 66.2 cm³/mol. The molecule has 1 atom stereocenters. The molecule has 2 nitrogen and oxygen atoms in total. The van der Waals surface area contributed by atoms with Gasteiger partial charge in [-0.1, -0.05) is 0 Å². The van der Waals surface area contributed by atoms with Gasteiger partial charge in [0, 0.05) is 15.0 Å². The molecule has 1 saturated heterocycles. The number of hydrogen-bond acceptors (Lipinski definition) is 2. The quantitative estimate of drug-likeness (QED) is 0.780. The molecule has 1 aromatic carbocycles. The molecule has 76 valence electrons. The van der Waals surface area contributed by atoms with Gasteiger partial charge in [0.25, 0.3) is 0 Å². The standard InChI is InChI=1S/C10H12Br2N2/c11-7-4-6(5-8(12)10(7)13)9-2-1-3-14-9/h4-5,9,14H,1-3,13H2. The fraction of sp³-hybridized carbons (Fsp3) is 0.400. The molecule has 2 rings (SSSR count). The first kappa shape index (κ1) is 10.5. The number of hydrogen-bond donors (Lipinski definition) is 2. The lowest BCUT2D eigenvalue weighted by Gasteiger charge is -2.13. The van der Waals surface area contributed by atoms with E-state index in [1.165, 1.54) is 18.4 Å². The molecule has 0 spiro atoms. The molecule has 0 saturated carbocycles. The molecule has 14 heavy (non-hydrogen) atoms. The van der Waals surface area contributed by atoms with E-state index in [-0.39, 0.29) is 0 Å². The highest BCUT2D eigenvalue weighted by atomic mass is 79.9. The predicted octanol–water partition coefficient (Wildman–Crippen LogP) is 3.22. The van der Waals surface area contributed by atoms with E-state index in [9.17, 15) is 0 Å². The third-order valence-corrected chi connectivity index (χ3v) is 3.88. The van der Waals surface area contributed by atoms with Crippen LogP contribution in [0.3, 0.4) is 0 Å². The van der Waals surface area contributed by atoms with Gasteiger partial charge >= 0.3 is 0 Å². The highest BCUT2D eigenvalue weighted by molar-refractivity contribution is 9.11. The largest absolute Gasteiger partial charge is 0.397 e. The van der Waals surface area contributed by atoms with Crippen molar-refractivity contribution < 1.29 is 0 Å². The van der Waals surface area contributed by atoms with Gasteiger partial charge in [-0.05, 0) is 68.9 Å². The first-order chi connectivity index (χ1) is 6.68. The van der Waals surface area contributed by atoms with Gasteiger partial charge in [0.2, 0.25) is 0 Å². The molecular formula is C10H12Br2N2. The molecule has 1 aromatic rings. The number of nitrogens with one attached hydrogen (secondary N) is 1. The Morgan fingerprint density at radius 2 is 1.93 bits per heavy atom. The third kappa shape index (κ3) is 1.97. The second-order valence-corrected chi connectivity index (χ2v) is 5.26. The average molecular weight is 320 g/mol. The Hall–Kier alpha value is -0.0600. The fourth-order valence-corrected chi connectivity index (χ4v) is 3.00. The Labute approximate surface area is 101 Å². The van der Waals surface area contributed by atoms with E-state index >= 15 is 0 Å². The zero-order chi connectivity index (χ0) is 10.1. The molecule has 1 fully saturated rings. The molecule has 0 aliphatic carbocycles. The van der Waals surface area contributed by atoms with Crippen LogP contribution in [-0.2, 0) is 0 Å². The van der Waals surface area contributed by atoms with Crippen molar-refractivity contribution in [2.45, 2.75) is 18.9 Å². The van der Waals surface area contributed by atoms with Crippen molar-refractivity contribution in [1.82, 2.24) is 5.32 Å². The first-order valence-corrected chi connectivity index (χ1v) is 6.25. The topological polar surface area (TPSA) is 38.0 Å². The van der Waals surface area contributed by atoms with Gasteiger partial charge in [-0.2, -0.15) is 0 Å². The van der Waals surface area contributed by atoms with Crippen molar-refractivity contribution in [3.8, 4) is 0 Å². The number of nitrogen functional groups attached to an aromatic ring is 1. The van der Waals surface area contributed by atoms with E-state index in [4.69, 9.17) is 5.73 Å². The van der Waals surface area contributed by atoms with Crippen LogP contribution in [0.15, 0.2) is 21.1 Å². The highest BCUT2D eigenvalue weighted by Gasteiger charge is 2.17. The second-order valence-electron chi connectivity index (χ2n) is 3.55. The van der Waals surface area contributed by atoms with Crippen molar-refractivity contribution in [3.63, 3.8) is 0 Å².